The molecule has 0 spiro atoms. The van der Waals surface area contributed by atoms with Gasteiger partial charge in [-0.3, -0.25) is 4.79 Å². The quantitative estimate of drug-likeness (QED) is 0.846. The summed E-state index contributed by atoms with van der Waals surface area (Å²) >= 11 is 0. The van der Waals surface area contributed by atoms with E-state index in [-0.39, 0.29) is 12.5 Å². The van der Waals surface area contributed by atoms with Crippen molar-refractivity contribution >= 4 is 11.7 Å². The molecule has 2 heterocycles. The number of pyridine rings is 1. The summed E-state index contributed by atoms with van der Waals surface area (Å²) in [4.78, 5) is 18.9. The van der Waals surface area contributed by atoms with Crippen molar-refractivity contribution in [2.45, 2.75) is 52.1 Å². The van der Waals surface area contributed by atoms with Gasteiger partial charge >= 0.3 is 0 Å². The molecule has 5 nitrogen and oxygen atoms in total. The van der Waals surface area contributed by atoms with Gasteiger partial charge in [0.05, 0.1) is 11.2 Å². The average Bonchev–Trinajstić information content (AvgIpc) is 2.60. The van der Waals surface area contributed by atoms with Gasteiger partial charge in [-0.2, -0.15) is 0 Å². The summed E-state index contributed by atoms with van der Waals surface area (Å²) < 4.78 is 0. The predicted molar refractivity (Wildman–Crippen MR) is 92.7 cm³/mol. The van der Waals surface area contributed by atoms with Gasteiger partial charge in [0.2, 0.25) is 0 Å². The van der Waals surface area contributed by atoms with Crippen LogP contribution in [0.4, 0.5) is 5.82 Å². The SMILES string of the molecule is CCC(O)(CC)CNC(=O)c1ccc(N2CCC(C)CC2)nc1. The minimum atomic E-state index is -0.826. The van der Waals surface area contributed by atoms with E-state index in [9.17, 15) is 9.90 Å². The Morgan fingerprint density at radius 2 is 2.00 bits per heavy atom. The Hall–Kier alpha value is -1.62. The summed E-state index contributed by atoms with van der Waals surface area (Å²) in [5, 5.41) is 13.0. The van der Waals surface area contributed by atoms with Crippen LogP contribution in [0.5, 0.6) is 0 Å². The van der Waals surface area contributed by atoms with Crippen LogP contribution < -0.4 is 10.2 Å². The Kier molecular flexibility index (Phi) is 5.99. The van der Waals surface area contributed by atoms with E-state index in [0.717, 1.165) is 24.8 Å². The van der Waals surface area contributed by atoms with Gasteiger partial charge in [0.1, 0.15) is 5.82 Å². The van der Waals surface area contributed by atoms with Gasteiger partial charge in [0, 0.05) is 25.8 Å². The lowest BCUT2D eigenvalue weighted by Crippen LogP contribution is -2.42. The van der Waals surface area contributed by atoms with Crippen molar-refractivity contribution in [3.8, 4) is 0 Å². The van der Waals surface area contributed by atoms with E-state index in [0.29, 0.717) is 18.4 Å². The predicted octanol–water partition coefficient (Wildman–Crippen LogP) is 2.60. The molecule has 5 heteroatoms. The number of hydrogen-bond donors (Lipinski definition) is 2. The molecule has 1 aromatic rings. The lowest BCUT2D eigenvalue weighted by atomic mass is 9.97. The molecule has 2 N–H and O–H groups in total. The third-order valence-electron chi connectivity index (χ3n) is 5.01. The normalized spacial score (nSPS) is 16.4. The van der Waals surface area contributed by atoms with Crippen LogP contribution in [0.2, 0.25) is 0 Å². The first-order valence-corrected chi connectivity index (χ1v) is 8.69. The van der Waals surface area contributed by atoms with Crippen LogP contribution >= 0.6 is 0 Å². The third kappa shape index (κ3) is 4.67. The number of nitrogens with zero attached hydrogens (tertiary/aromatic N) is 2. The molecular weight excluding hydrogens is 290 g/mol. The summed E-state index contributed by atoms with van der Waals surface area (Å²) in [6, 6.07) is 3.73. The zero-order valence-electron chi connectivity index (χ0n) is 14.5. The van der Waals surface area contributed by atoms with Crippen molar-refractivity contribution in [3.05, 3.63) is 23.9 Å². The molecule has 1 aliphatic heterocycles. The smallest absolute Gasteiger partial charge is 0.252 e. The number of hydrogen-bond acceptors (Lipinski definition) is 4. The highest BCUT2D eigenvalue weighted by Crippen LogP contribution is 2.21. The van der Waals surface area contributed by atoms with Crippen LogP contribution in [-0.2, 0) is 0 Å². The minimum absolute atomic E-state index is 0.184. The molecule has 0 unspecified atom stereocenters. The second-order valence-electron chi connectivity index (χ2n) is 6.69. The maximum atomic E-state index is 12.2. The number of rotatable bonds is 6. The summed E-state index contributed by atoms with van der Waals surface area (Å²) in [6.07, 6.45) is 5.25. The summed E-state index contributed by atoms with van der Waals surface area (Å²) in [5.41, 5.74) is -0.290. The van der Waals surface area contributed by atoms with E-state index in [1.54, 1.807) is 6.20 Å². The van der Waals surface area contributed by atoms with Crippen LogP contribution in [0.15, 0.2) is 18.3 Å². The van der Waals surface area contributed by atoms with Crippen molar-refractivity contribution in [1.29, 1.82) is 0 Å². The second kappa shape index (κ2) is 7.77. The number of aromatic nitrogens is 1. The summed E-state index contributed by atoms with van der Waals surface area (Å²) in [5.74, 6) is 1.54. The fourth-order valence-electron chi connectivity index (χ4n) is 2.79. The number of carbonyl (C=O) groups excluding carboxylic acids is 1. The number of carbonyl (C=O) groups is 1. The van der Waals surface area contributed by atoms with Gasteiger partial charge in [0.15, 0.2) is 0 Å². The van der Waals surface area contributed by atoms with Crippen LogP contribution in [0.1, 0.15) is 56.8 Å². The third-order valence-corrected chi connectivity index (χ3v) is 5.01. The van der Waals surface area contributed by atoms with E-state index < -0.39 is 5.60 Å². The molecule has 128 valence electrons. The fourth-order valence-corrected chi connectivity index (χ4v) is 2.79. The largest absolute Gasteiger partial charge is 0.388 e. The van der Waals surface area contributed by atoms with E-state index in [1.807, 2.05) is 26.0 Å². The molecular formula is C18H29N3O2. The molecule has 23 heavy (non-hydrogen) atoms. The van der Waals surface area contributed by atoms with Gasteiger partial charge in [0.25, 0.3) is 5.91 Å². The zero-order valence-corrected chi connectivity index (χ0v) is 14.5. The van der Waals surface area contributed by atoms with E-state index in [2.05, 4.69) is 22.1 Å². The molecule has 0 radical (unpaired) electrons. The van der Waals surface area contributed by atoms with Gasteiger partial charge in [-0.15, -0.1) is 0 Å². The molecule has 1 saturated heterocycles. The first kappa shape index (κ1) is 17.7. The van der Waals surface area contributed by atoms with Gasteiger partial charge in [-0.1, -0.05) is 20.8 Å². The molecule has 1 aliphatic rings. The van der Waals surface area contributed by atoms with E-state index in [4.69, 9.17) is 0 Å². The molecule has 0 aromatic carbocycles. The van der Waals surface area contributed by atoms with Crippen molar-refractivity contribution < 1.29 is 9.90 Å². The standard InChI is InChI=1S/C18H29N3O2/c1-4-18(23,5-2)13-20-17(22)15-6-7-16(19-12-15)21-10-8-14(3)9-11-21/h6-7,12,14,23H,4-5,8-11,13H2,1-3H3,(H,20,22). The number of nitrogens with one attached hydrogen (secondary N) is 1. The monoisotopic (exact) mass is 319 g/mol. The number of anilines is 1. The average molecular weight is 319 g/mol. The highest BCUT2D eigenvalue weighted by Gasteiger charge is 2.23. The first-order chi connectivity index (χ1) is 11.0. The van der Waals surface area contributed by atoms with Crippen molar-refractivity contribution in [2.75, 3.05) is 24.5 Å². The Morgan fingerprint density at radius 1 is 1.35 bits per heavy atom. The van der Waals surface area contributed by atoms with Crippen molar-refractivity contribution in [3.63, 3.8) is 0 Å². The topological polar surface area (TPSA) is 65.5 Å². The lowest BCUT2D eigenvalue weighted by Gasteiger charge is -2.31. The van der Waals surface area contributed by atoms with E-state index in [1.165, 1.54) is 12.8 Å². The minimum Gasteiger partial charge on any atom is -0.388 e. The van der Waals surface area contributed by atoms with Crippen LogP contribution in [0.25, 0.3) is 0 Å². The second-order valence-corrected chi connectivity index (χ2v) is 6.69. The first-order valence-electron chi connectivity index (χ1n) is 8.69. The van der Waals surface area contributed by atoms with Crippen molar-refractivity contribution in [1.82, 2.24) is 10.3 Å². The molecule has 0 atom stereocenters. The molecule has 0 bridgehead atoms. The number of amides is 1. The molecule has 1 fully saturated rings. The highest BCUT2D eigenvalue weighted by molar-refractivity contribution is 5.94. The highest BCUT2D eigenvalue weighted by atomic mass is 16.3. The Bertz CT molecular complexity index is 504. The van der Waals surface area contributed by atoms with Crippen molar-refractivity contribution in [2.24, 2.45) is 5.92 Å². The van der Waals surface area contributed by atoms with Crippen LogP contribution in [0.3, 0.4) is 0 Å². The Labute approximate surface area is 139 Å². The lowest BCUT2D eigenvalue weighted by molar-refractivity contribution is 0.0314. The number of aliphatic hydroxyl groups is 1. The molecule has 2 rings (SSSR count). The summed E-state index contributed by atoms with van der Waals surface area (Å²) in [6.45, 7) is 8.45. The molecule has 0 saturated carbocycles. The Morgan fingerprint density at radius 3 is 2.52 bits per heavy atom. The number of piperidine rings is 1. The summed E-state index contributed by atoms with van der Waals surface area (Å²) in [7, 11) is 0. The van der Waals surface area contributed by atoms with Gasteiger partial charge in [-0.25, -0.2) is 4.98 Å². The molecule has 1 aromatic heterocycles. The maximum absolute atomic E-state index is 12.2. The van der Waals surface area contributed by atoms with E-state index >= 15 is 0 Å². The maximum Gasteiger partial charge on any atom is 0.252 e. The molecule has 1 amide bonds. The van der Waals surface area contributed by atoms with Crippen LogP contribution in [-0.4, -0.2) is 41.2 Å². The Balaban J connectivity index is 1.92. The fraction of sp³-hybridized carbons (Fsp3) is 0.667. The zero-order chi connectivity index (χ0) is 16.9. The van der Waals surface area contributed by atoms with Crippen LogP contribution in [0, 0.1) is 5.92 Å². The van der Waals surface area contributed by atoms with Gasteiger partial charge in [-0.05, 0) is 43.7 Å². The van der Waals surface area contributed by atoms with Gasteiger partial charge < -0.3 is 15.3 Å². The molecule has 0 aliphatic carbocycles.